The zero-order valence-electron chi connectivity index (χ0n) is 10.4. The van der Waals surface area contributed by atoms with Crippen LogP contribution < -0.4 is 5.32 Å². The van der Waals surface area contributed by atoms with E-state index in [9.17, 15) is 0 Å². The molecule has 1 aromatic heterocycles. The lowest BCUT2D eigenvalue weighted by atomic mass is 10.1. The molecule has 1 aromatic carbocycles. The predicted molar refractivity (Wildman–Crippen MR) is 73.8 cm³/mol. The van der Waals surface area contributed by atoms with Crippen LogP contribution in [0.3, 0.4) is 0 Å². The Morgan fingerprint density at radius 2 is 2.17 bits per heavy atom. The Labute approximate surface area is 112 Å². The van der Waals surface area contributed by atoms with Crippen LogP contribution in [-0.2, 0) is 6.54 Å². The van der Waals surface area contributed by atoms with Crippen LogP contribution >= 0.6 is 11.6 Å². The van der Waals surface area contributed by atoms with E-state index in [2.05, 4.69) is 5.32 Å². The van der Waals surface area contributed by atoms with Gasteiger partial charge in [-0.25, -0.2) is 0 Å². The fourth-order valence-electron chi connectivity index (χ4n) is 1.97. The summed E-state index contributed by atoms with van der Waals surface area (Å²) in [6.45, 7) is 3.36. The van der Waals surface area contributed by atoms with Crippen molar-refractivity contribution in [2.24, 2.45) is 0 Å². The summed E-state index contributed by atoms with van der Waals surface area (Å²) < 4.78 is 5.48. The molecule has 0 aliphatic rings. The Hall–Kier alpha value is -1.03. The van der Waals surface area contributed by atoms with Crippen molar-refractivity contribution in [3.8, 4) is 0 Å². The Morgan fingerprint density at radius 3 is 2.94 bits per heavy atom. The third-order valence-electron chi connectivity index (χ3n) is 2.93. The van der Waals surface area contributed by atoms with Crippen molar-refractivity contribution in [1.29, 1.82) is 0 Å². The second-order valence-corrected chi connectivity index (χ2v) is 4.86. The molecule has 98 valence electrons. The monoisotopic (exact) mass is 267 g/mol. The van der Waals surface area contributed by atoms with Crippen LogP contribution in [-0.4, -0.2) is 17.8 Å². The van der Waals surface area contributed by atoms with Gasteiger partial charge >= 0.3 is 0 Å². The lowest BCUT2D eigenvalue weighted by Crippen LogP contribution is -2.16. The summed E-state index contributed by atoms with van der Waals surface area (Å²) in [5, 5.41) is 14.0. The number of benzene rings is 1. The molecule has 18 heavy (non-hydrogen) atoms. The molecule has 2 N–H and O–H groups in total. The Bertz CT molecular complexity index is 507. The maximum absolute atomic E-state index is 9.16. The molecule has 0 saturated heterocycles. The summed E-state index contributed by atoms with van der Waals surface area (Å²) in [4.78, 5) is 0. The second kappa shape index (κ2) is 6.23. The van der Waals surface area contributed by atoms with Gasteiger partial charge in [0.2, 0.25) is 0 Å². The first kappa shape index (κ1) is 13.4. The molecule has 0 radical (unpaired) electrons. The summed E-state index contributed by atoms with van der Waals surface area (Å²) in [6, 6.07) is 7.84. The van der Waals surface area contributed by atoms with E-state index in [0.717, 1.165) is 35.9 Å². The summed E-state index contributed by atoms with van der Waals surface area (Å²) in [5.74, 6) is 0. The van der Waals surface area contributed by atoms with Gasteiger partial charge in [0.15, 0.2) is 5.22 Å². The fraction of sp³-hybridized carbons (Fsp3) is 0.429. The highest BCUT2D eigenvalue weighted by atomic mass is 35.5. The van der Waals surface area contributed by atoms with Gasteiger partial charge in [0.05, 0.1) is 6.10 Å². The molecule has 0 aliphatic heterocycles. The third-order valence-corrected chi connectivity index (χ3v) is 3.23. The van der Waals surface area contributed by atoms with E-state index >= 15 is 0 Å². The zero-order valence-corrected chi connectivity index (χ0v) is 11.2. The second-order valence-electron chi connectivity index (χ2n) is 4.52. The van der Waals surface area contributed by atoms with Crippen molar-refractivity contribution in [3.63, 3.8) is 0 Å². The van der Waals surface area contributed by atoms with Gasteiger partial charge in [-0.05, 0) is 44.0 Å². The molecule has 3 nitrogen and oxygen atoms in total. The van der Waals surface area contributed by atoms with E-state index in [1.807, 2.05) is 24.3 Å². The zero-order chi connectivity index (χ0) is 13.0. The van der Waals surface area contributed by atoms with Crippen molar-refractivity contribution in [3.05, 3.63) is 35.0 Å². The smallest absolute Gasteiger partial charge is 0.199 e. The third kappa shape index (κ3) is 3.25. The standard InChI is InChI=1S/C14H18ClNO2/c1-10(17)5-4-8-16-9-12-11-6-2-3-7-13(11)18-14(12)15/h2-3,6-7,10,16-17H,4-5,8-9H2,1H3. The van der Waals surface area contributed by atoms with Crippen molar-refractivity contribution in [1.82, 2.24) is 5.32 Å². The predicted octanol–water partition coefficient (Wildman–Crippen LogP) is 3.34. The highest BCUT2D eigenvalue weighted by Crippen LogP contribution is 2.29. The van der Waals surface area contributed by atoms with E-state index in [1.165, 1.54) is 0 Å². The van der Waals surface area contributed by atoms with Gasteiger partial charge in [-0.1, -0.05) is 18.2 Å². The average Bonchev–Trinajstić information content (AvgIpc) is 2.65. The molecule has 0 aliphatic carbocycles. The van der Waals surface area contributed by atoms with Crippen LogP contribution in [0.1, 0.15) is 25.3 Å². The molecule has 4 heteroatoms. The first-order valence-corrected chi connectivity index (χ1v) is 6.61. The van der Waals surface area contributed by atoms with Crippen LogP contribution in [0.4, 0.5) is 0 Å². The van der Waals surface area contributed by atoms with E-state index in [0.29, 0.717) is 11.8 Å². The van der Waals surface area contributed by atoms with Gasteiger partial charge in [0.25, 0.3) is 0 Å². The molecular weight excluding hydrogens is 250 g/mol. The van der Waals surface area contributed by atoms with E-state index in [-0.39, 0.29) is 6.10 Å². The minimum atomic E-state index is -0.231. The van der Waals surface area contributed by atoms with Gasteiger partial charge in [0, 0.05) is 17.5 Å². The van der Waals surface area contributed by atoms with E-state index in [1.54, 1.807) is 6.92 Å². The molecular formula is C14H18ClNO2. The van der Waals surface area contributed by atoms with Crippen LogP contribution in [0, 0.1) is 0 Å². The fourth-order valence-corrected chi connectivity index (χ4v) is 2.22. The van der Waals surface area contributed by atoms with Gasteiger partial charge in [-0.2, -0.15) is 0 Å². The topological polar surface area (TPSA) is 45.4 Å². The first-order valence-electron chi connectivity index (χ1n) is 6.23. The number of fused-ring (bicyclic) bond motifs is 1. The van der Waals surface area contributed by atoms with Gasteiger partial charge in [-0.15, -0.1) is 0 Å². The Kier molecular flexibility index (Phi) is 4.64. The Balaban J connectivity index is 1.93. The first-order chi connectivity index (χ1) is 8.68. The molecule has 0 amide bonds. The summed E-state index contributed by atoms with van der Waals surface area (Å²) >= 11 is 6.08. The molecule has 0 saturated carbocycles. The number of hydrogen-bond donors (Lipinski definition) is 2. The normalized spacial score (nSPS) is 13.1. The summed E-state index contributed by atoms with van der Waals surface area (Å²) in [5.41, 5.74) is 1.83. The van der Waals surface area contributed by atoms with E-state index in [4.69, 9.17) is 21.1 Å². The summed E-state index contributed by atoms with van der Waals surface area (Å²) in [7, 11) is 0. The number of aliphatic hydroxyl groups is 1. The number of halogens is 1. The number of aliphatic hydroxyl groups excluding tert-OH is 1. The van der Waals surface area contributed by atoms with E-state index < -0.39 is 0 Å². The molecule has 1 heterocycles. The highest BCUT2D eigenvalue weighted by Gasteiger charge is 2.11. The lowest BCUT2D eigenvalue weighted by Gasteiger charge is -2.05. The van der Waals surface area contributed by atoms with Crippen molar-refractivity contribution >= 4 is 22.6 Å². The molecule has 2 rings (SSSR count). The molecule has 1 unspecified atom stereocenters. The van der Waals surface area contributed by atoms with Gasteiger partial charge in [-0.3, -0.25) is 0 Å². The molecule has 2 aromatic rings. The molecule has 1 atom stereocenters. The number of rotatable bonds is 6. The maximum Gasteiger partial charge on any atom is 0.199 e. The van der Waals surface area contributed by atoms with Crippen molar-refractivity contribution in [2.75, 3.05) is 6.54 Å². The highest BCUT2D eigenvalue weighted by molar-refractivity contribution is 6.30. The van der Waals surface area contributed by atoms with Crippen LogP contribution in [0.15, 0.2) is 28.7 Å². The number of para-hydroxylation sites is 1. The molecule has 0 fully saturated rings. The van der Waals surface area contributed by atoms with Crippen molar-refractivity contribution < 1.29 is 9.52 Å². The van der Waals surface area contributed by atoms with Crippen LogP contribution in [0.25, 0.3) is 11.0 Å². The quantitative estimate of drug-likeness (QED) is 0.789. The molecule has 0 spiro atoms. The number of hydrogen-bond acceptors (Lipinski definition) is 3. The van der Waals surface area contributed by atoms with Crippen LogP contribution in [0.2, 0.25) is 5.22 Å². The SMILES string of the molecule is CC(O)CCCNCc1c(Cl)oc2ccccc12. The maximum atomic E-state index is 9.16. The van der Waals surface area contributed by atoms with Gasteiger partial charge < -0.3 is 14.8 Å². The lowest BCUT2D eigenvalue weighted by molar-refractivity contribution is 0.181. The minimum Gasteiger partial charge on any atom is -0.444 e. The van der Waals surface area contributed by atoms with Crippen LogP contribution in [0.5, 0.6) is 0 Å². The number of furan rings is 1. The molecule has 0 bridgehead atoms. The number of nitrogens with one attached hydrogen (secondary N) is 1. The minimum absolute atomic E-state index is 0.231. The van der Waals surface area contributed by atoms with Crippen molar-refractivity contribution in [2.45, 2.75) is 32.4 Å². The average molecular weight is 268 g/mol. The Morgan fingerprint density at radius 1 is 1.39 bits per heavy atom. The largest absolute Gasteiger partial charge is 0.444 e. The van der Waals surface area contributed by atoms with Gasteiger partial charge in [0.1, 0.15) is 5.58 Å². The summed E-state index contributed by atoms with van der Waals surface area (Å²) in [6.07, 6.45) is 1.53.